The van der Waals surface area contributed by atoms with Gasteiger partial charge in [-0.3, -0.25) is 0 Å². The Balaban J connectivity index is 2.43. The summed E-state index contributed by atoms with van der Waals surface area (Å²) in [4.78, 5) is 0. The van der Waals surface area contributed by atoms with E-state index in [0.717, 1.165) is 18.8 Å². The van der Waals surface area contributed by atoms with Crippen LogP contribution in [0.15, 0.2) is 0 Å². The molecule has 1 aromatic heterocycles. The van der Waals surface area contributed by atoms with Crippen LogP contribution in [0.2, 0.25) is 5.28 Å². The van der Waals surface area contributed by atoms with E-state index >= 15 is 0 Å². The Morgan fingerprint density at radius 2 is 2.00 bits per heavy atom. The van der Waals surface area contributed by atoms with Crippen LogP contribution in [0.3, 0.4) is 0 Å². The molecule has 0 saturated carbocycles. The van der Waals surface area contributed by atoms with Crippen LogP contribution >= 0.6 is 23.4 Å². The summed E-state index contributed by atoms with van der Waals surface area (Å²) in [5.74, 6) is 2.62. The molecule has 1 aromatic rings. The maximum atomic E-state index is 6.01. The number of thioether (sulfide) groups is 1. The Kier molecular flexibility index (Phi) is 6.21. The van der Waals surface area contributed by atoms with Crippen LogP contribution in [0.1, 0.15) is 44.9 Å². The van der Waals surface area contributed by atoms with Gasteiger partial charge in [-0.05, 0) is 36.5 Å². The zero-order valence-corrected chi connectivity index (χ0v) is 11.8. The van der Waals surface area contributed by atoms with Gasteiger partial charge in [-0.15, -0.1) is 10.2 Å². The molecule has 0 radical (unpaired) electrons. The van der Waals surface area contributed by atoms with Crippen molar-refractivity contribution in [3.63, 3.8) is 0 Å². The summed E-state index contributed by atoms with van der Waals surface area (Å²) in [6.45, 7) is 5.17. The van der Waals surface area contributed by atoms with Gasteiger partial charge in [0.15, 0.2) is 0 Å². The Morgan fingerprint density at radius 1 is 1.25 bits per heavy atom. The van der Waals surface area contributed by atoms with Crippen LogP contribution in [0.25, 0.3) is 0 Å². The molecule has 0 spiro atoms. The lowest BCUT2D eigenvalue weighted by atomic mass is 10.2. The highest BCUT2D eigenvalue weighted by Crippen LogP contribution is 2.17. The Bertz CT molecular complexity index is 312. The van der Waals surface area contributed by atoms with E-state index in [-0.39, 0.29) is 0 Å². The highest BCUT2D eigenvalue weighted by Gasteiger charge is 2.12. The fourth-order valence-corrected chi connectivity index (χ4v) is 2.32. The molecule has 5 heteroatoms. The number of hydrogen-bond donors (Lipinski definition) is 0. The number of nitrogens with zero attached hydrogens (tertiary/aromatic N) is 3. The van der Waals surface area contributed by atoms with Gasteiger partial charge in [0.1, 0.15) is 5.82 Å². The van der Waals surface area contributed by atoms with E-state index in [9.17, 15) is 0 Å². The van der Waals surface area contributed by atoms with Gasteiger partial charge >= 0.3 is 0 Å². The molecule has 0 unspecified atom stereocenters. The maximum absolute atomic E-state index is 6.01. The van der Waals surface area contributed by atoms with Gasteiger partial charge in [0, 0.05) is 12.5 Å². The van der Waals surface area contributed by atoms with Gasteiger partial charge in [-0.2, -0.15) is 11.8 Å². The first-order valence-corrected chi connectivity index (χ1v) is 7.51. The monoisotopic (exact) mass is 261 g/mol. The largest absolute Gasteiger partial charge is 0.302 e. The van der Waals surface area contributed by atoms with Crippen molar-refractivity contribution in [1.82, 2.24) is 14.8 Å². The normalized spacial score (nSPS) is 11.3. The average molecular weight is 262 g/mol. The zero-order valence-electron chi connectivity index (χ0n) is 10.2. The van der Waals surface area contributed by atoms with Crippen molar-refractivity contribution < 1.29 is 0 Å². The first kappa shape index (κ1) is 13.8. The van der Waals surface area contributed by atoms with Crippen LogP contribution < -0.4 is 0 Å². The third-order valence-electron chi connectivity index (χ3n) is 2.48. The predicted molar refractivity (Wildman–Crippen MR) is 71.4 cm³/mol. The SMILES string of the molecule is CSCCCCCn1c(Cl)nnc1C(C)C. The van der Waals surface area contributed by atoms with Crippen molar-refractivity contribution in [2.24, 2.45) is 0 Å². The molecule has 0 amide bonds. The number of halogens is 1. The van der Waals surface area contributed by atoms with Crippen LogP contribution in [0.5, 0.6) is 0 Å². The van der Waals surface area contributed by atoms with Gasteiger partial charge in [0.05, 0.1) is 0 Å². The molecule has 0 aliphatic heterocycles. The van der Waals surface area contributed by atoms with Crippen molar-refractivity contribution in [3.05, 3.63) is 11.1 Å². The zero-order chi connectivity index (χ0) is 12.0. The first-order chi connectivity index (χ1) is 7.66. The van der Waals surface area contributed by atoms with E-state index in [1.807, 2.05) is 16.3 Å². The topological polar surface area (TPSA) is 30.7 Å². The lowest BCUT2D eigenvalue weighted by molar-refractivity contribution is 0.567. The summed E-state index contributed by atoms with van der Waals surface area (Å²) in [6, 6.07) is 0. The molecule has 0 aromatic carbocycles. The molecule has 3 nitrogen and oxygen atoms in total. The molecule has 0 saturated heterocycles. The van der Waals surface area contributed by atoms with Gasteiger partial charge in [0.2, 0.25) is 5.28 Å². The lowest BCUT2D eigenvalue weighted by Crippen LogP contribution is -2.06. The van der Waals surface area contributed by atoms with Crippen molar-refractivity contribution in [1.29, 1.82) is 0 Å². The number of hydrogen-bond acceptors (Lipinski definition) is 3. The van der Waals surface area contributed by atoms with Crippen LogP contribution in [0.4, 0.5) is 0 Å². The number of unbranched alkanes of at least 4 members (excludes halogenated alkanes) is 2. The second kappa shape index (κ2) is 7.17. The summed E-state index contributed by atoms with van der Waals surface area (Å²) in [5.41, 5.74) is 0. The standard InChI is InChI=1S/C11H20ClN3S/c1-9(2)10-13-14-11(12)15(10)7-5-4-6-8-16-3/h9H,4-8H2,1-3H3. The molecule has 16 heavy (non-hydrogen) atoms. The maximum Gasteiger partial charge on any atom is 0.225 e. The molecule has 0 N–H and O–H groups in total. The van der Waals surface area contributed by atoms with E-state index in [1.165, 1.54) is 18.6 Å². The van der Waals surface area contributed by atoms with Gasteiger partial charge in [-0.25, -0.2) is 0 Å². The fourth-order valence-electron chi connectivity index (χ4n) is 1.62. The van der Waals surface area contributed by atoms with Gasteiger partial charge in [0.25, 0.3) is 0 Å². The molecular weight excluding hydrogens is 242 g/mol. The third kappa shape index (κ3) is 3.98. The third-order valence-corrected chi connectivity index (χ3v) is 3.46. The predicted octanol–water partition coefficient (Wildman–Crippen LogP) is 3.59. The van der Waals surface area contributed by atoms with Gasteiger partial charge in [-0.1, -0.05) is 20.3 Å². The van der Waals surface area contributed by atoms with E-state index in [2.05, 4.69) is 30.3 Å². The summed E-state index contributed by atoms with van der Waals surface area (Å²) >= 11 is 7.92. The minimum Gasteiger partial charge on any atom is -0.302 e. The molecule has 1 rings (SSSR count). The highest BCUT2D eigenvalue weighted by molar-refractivity contribution is 7.98. The lowest BCUT2D eigenvalue weighted by Gasteiger charge is -2.09. The summed E-state index contributed by atoms with van der Waals surface area (Å²) in [7, 11) is 0. The van der Waals surface area contributed by atoms with E-state index in [0.29, 0.717) is 11.2 Å². The molecule has 0 aliphatic carbocycles. The van der Waals surface area contributed by atoms with Crippen molar-refractivity contribution in [3.8, 4) is 0 Å². The second-order valence-electron chi connectivity index (χ2n) is 4.19. The minimum atomic E-state index is 0.381. The summed E-state index contributed by atoms with van der Waals surface area (Å²) in [6.07, 6.45) is 5.82. The molecule has 0 atom stereocenters. The van der Waals surface area contributed by atoms with E-state index in [4.69, 9.17) is 11.6 Å². The summed E-state index contributed by atoms with van der Waals surface area (Å²) < 4.78 is 2.03. The number of aromatic nitrogens is 3. The van der Waals surface area contributed by atoms with Gasteiger partial charge < -0.3 is 4.57 Å². The number of rotatable bonds is 7. The first-order valence-electron chi connectivity index (χ1n) is 5.74. The second-order valence-corrected chi connectivity index (χ2v) is 5.51. The Morgan fingerprint density at radius 3 is 2.62 bits per heavy atom. The Hall–Kier alpha value is -0.220. The molecule has 92 valence electrons. The Labute approximate surface area is 107 Å². The molecular formula is C11H20ClN3S. The highest BCUT2D eigenvalue weighted by atomic mass is 35.5. The van der Waals surface area contributed by atoms with E-state index in [1.54, 1.807) is 0 Å². The van der Waals surface area contributed by atoms with Crippen LogP contribution in [-0.2, 0) is 6.54 Å². The van der Waals surface area contributed by atoms with Crippen molar-refractivity contribution in [2.45, 2.75) is 45.6 Å². The van der Waals surface area contributed by atoms with Crippen LogP contribution in [0, 0.1) is 0 Å². The van der Waals surface area contributed by atoms with Crippen LogP contribution in [-0.4, -0.2) is 26.8 Å². The molecule has 0 fully saturated rings. The quantitative estimate of drug-likeness (QED) is 0.703. The average Bonchev–Trinajstić information content (AvgIpc) is 2.60. The van der Waals surface area contributed by atoms with E-state index < -0.39 is 0 Å². The molecule has 1 heterocycles. The molecule has 0 aliphatic rings. The smallest absolute Gasteiger partial charge is 0.225 e. The van der Waals surface area contributed by atoms with Crippen molar-refractivity contribution in [2.75, 3.05) is 12.0 Å². The minimum absolute atomic E-state index is 0.381. The summed E-state index contributed by atoms with van der Waals surface area (Å²) in [5, 5.41) is 8.56. The molecule has 0 bridgehead atoms. The van der Waals surface area contributed by atoms with Crippen molar-refractivity contribution >= 4 is 23.4 Å². The fraction of sp³-hybridized carbons (Fsp3) is 0.818.